The van der Waals surface area contributed by atoms with Crippen molar-refractivity contribution in [1.29, 1.82) is 0 Å². The molecule has 0 saturated carbocycles. The number of aryl methyl sites for hydroxylation is 1. The van der Waals surface area contributed by atoms with E-state index in [2.05, 4.69) is 12.0 Å². The van der Waals surface area contributed by atoms with Crippen LogP contribution in [0.2, 0.25) is 0 Å². The lowest BCUT2D eigenvalue weighted by Crippen LogP contribution is -2.13. The van der Waals surface area contributed by atoms with Gasteiger partial charge in [-0.3, -0.25) is 0 Å². The normalized spacial score (nSPS) is 28.2. The number of hydrogen-bond donors (Lipinski definition) is 1. The number of rotatable bonds is 1. The molecule has 0 aromatic carbocycles. The predicted molar refractivity (Wildman–Crippen MR) is 50.4 cm³/mol. The molecule has 13 heavy (non-hydrogen) atoms. The van der Waals surface area contributed by atoms with E-state index < -0.39 is 0 Å². The van der Waals surface area contributed by atoms with E-state index in [0.717, 1.165) is 24.4 Å². The van der Waals surface area contributed by atoms with E-state index in [1.807, 2.05) is 11.6 Å². The molecule has 1 aromatic rings. The summed E-state index contributed by atoms with van der Waals surface area (Å²) in [5.41, 5.74) is 6.91. The van der Waals surface area contributed by atoms with Crippen LogP contribution in [0.4, 0.5) is 5.82 Å². The fourth-order valence-corrected chi connectivity index (χ4v) is 1.71. The van der Waals surface area contributed by atoms with Gasteiger partial charge >= 0.3 is 0 Å². The molecule has 2 rings (SSSR count). The number of hydrogen-bond acceptors (Lipinski definition) is 3. The molecule has 0 spiro atoms. The molecule has 1 fully saturated rings. The second-order valence-electron chi connectivity index (χ2n) is 3.69. The molecule has 2 unspecified atom stereocenters. The summed E-state index contributed by atoms with van der Waals surface area (Å²) in [7, 11) is 0. The second-order valence-corrected chi connectivity index (χ2v) is 3.69. The first-order chi connectivity index (χ1) is 6.18. The maximum atomic E-state index is 5.87. The van der Waals surface area contributed by atoms with Gasteiger partial charge in [-0.1, -0.05) is 0 Å². The van der Waals surface area contributed by atoms with Gasteiger partial charge < -0.3 is 10.5 Å². The van der Waals surface area contributed by atoms with Crippen LogP contribution in [-0.2, 0) is 4.74 Å². The van der Waals surface area contributed by atoms with Crippen molar-refractivity contribution in [3.63, 3.8) is 0 Å². The minimum absolute atomic E-state index is 0.323. The molecule has 0 aliphatic carbocycles. The van der Waals surface area contributed by atoms with E-state index in [-0.39, 0.29) is 0 Å². The highest BCUT2D eigenvalue weighted by Gasteiger charge is 2.25. The van der Waals surface area contributed by atoms with Crippen molar-refractivity contribution < 1.29 is 4.74 Å². The zero-order valence-electron chi connectivity index (χ0n) is 8.03. The van der Waals surface area contributed by atoms with Crippen LogP contribution < -0.4 is 5.73 Å². The Labute approximate surface area is 77.7 Å². The Hall–Kier alpha value is -1.03. The van der Waals surface area contributed by atoms with Crippen LogP contribution in [0.25, 0.3) is 0 Å². The molecule has 2 atom stereocenters. The average Bonchev–Trinajstić information content (AvgIpc) is 2.62. The van der Waals surface area contributed by atoms with Crippen LogP contribution in [0.3, 0.4) is 0 Å². The number of nitrogen functional groups attached to an aromatic ring is 1. The number of anilines is 1. The molecule has 1 saturated heterocycles. The first-order valence-corrected chi connectivity index (χ1v) is 4.59. The molecule has 72 valence electrons. The van der Waals surface area contributed by atoms with Crippen LogP contribution in [0.1, 0.15) is 24.9 Å². The van der Waals surface area contributed by atoms with Crippen molar-refractivity contribution in [3.8, 4) is 0 Å². The van der Waals surface area contributed by atoms with E-state index in [9.17, 15) is 0 Å². The fourth-order valence-electron chi connectivity index (χ4n) is 1.71. The Kier molecular flexibility index (Phi) is 2.00. The largest absolute Gasteiger partial charge is 0.384 e. The third-order valence-electron chi connectivity index (χ3n) is 2.55. The van der Waals surface area contributed by atoms with Crippen molar-refractivity contribution in [2.75, 3.05) is 12.3 Å². The van der Waals surface area contributed by atoms with Crippen LogP contribution in [0.5, 0.6) is 0 Å². The van der Waals surface area contributed by atoms with E-state index in [1.54, 1.807) is 6.20 Å². The standard InChI is InChI=1S/C9H15N3O/c1-6-4-11-12(9(6)10)8-3-7(2)13-5-8/h4,7-8H,3,5,10H2,1-2H3. The third kappa shape index (κ3) is 1.42. The van der Waals surface area contributed by atoms with Gasteiger partial charge in [0.1, 0.15) is 5.82 Å². The Morgan fingerprint density at radius 1 is 1.69 bits per heavy atom. The number of aromatic nitrogens is 2. The van der Waals surface area contributed by atoms with E-state index in [4.69, 9.17) is 10.5 Å². The molecule has 1 aromatic heterocycles. The van der Waals surface area contributed by atoms with E-state index in [0.29, 0.717) is 12.1 Å². The highest BCUT2D eigenvalue weighted by atomic mass is 16.5. The van der Waals surface area contributed by atoms with Crippen LogP contribution in [-0.4, -0.2) is 22.5 Å². The molecular weight excluding hydrogens is 166 g/mol. The summed E-state index contributed by atoms with van der Waals surface area (Å²) >= 11 is 0. The van der Waals surface area contributed by atoms with Gasteiger partial charge in [0.25, 0.3) is 0 Å². The van der Waals surface area contributed by atoms with Gasteiger partial charge in [-0.2, -0.15) is 5.10 Å². The molecule has 1 aliphatic heterocycles. The Morgan fingerprint density at radius 2 is 2.46 bits per heavy atom. The molecule has 2 heterocycles. The SMILES string of the molecule is Cc1cnn(C2COC(C)C2)c1N. The lowest BCUT2D eigenvalue weighted by molar-refractivity contribution is 0.120. The maximum absolute atomic E-state index is 5.87. The average molecular weight is 181 g/mol. The summed E-state index contributed by atoms with van der Waals surface area (Å²) in [4.78, 5) is 0. The van der Waals surface area contributed by atoms with Gasteiger partial charge in [0.15, 0.2) is 0 Å². The summed E-state index contributed by atoms with van der Waals surface area (Å²) in [5.74, 6) is 0.766. The minimum atomic E-state index is 0.323. The molecule has 0 bridgehead atoms. The zero-order chi connectivity index (χ0) is 9.42. The Bertz CT molecular complexity index is 308. The summed E-state index contributed by atoms with van der Waals surface area (Å²) in [6.45, 7) is 4.77. The van der Waals surface area contributed by atoms with Crippen molar-refractivity contribution in [1.82, 2.24) is 9.78 Å². The lowest BCUT2D eigenvalue weighted by Gasteiger charge is -2.10. The summed E-state index contributed by atoms with van der Waals surface area (Å²) in [6, 6.07) is 0.323. The van der Waals surface area contributed by atoms with Crippen LogP contribution in [0.15, 0.2) is 6.20 Å². The molecule has 4 nitrogen and oxygen atoms in total. The molecule has 2 N–H and O–H groups in total. The molecule has 0 radical (unpaired) electrons. The first kappa shape index (κ1) is 8.56. The van der Waals surface area contributed by atoms with Crippen LogP contribution in [0, 0.1) is 6.92 Å². The van der Waals surface area contributed by atoms with Crippen molar-refractivity contribution in [3.05, 3.63) is 11.8 Å². The second kappa shape index (κ2) is 3.03. The molecular formula is C9H15N3O. The van der Waals surface area contributed by atoms with Gasteiger partial charge in [0.05, 0.1) is 24.9 Å². The van der Waals surface area contributed by atoms with Crippen molar-refractivity contribution >= 4 is 5.82 Å². The monoisotopic (exact) mass is 181 g/mol. The topological polar surface area (TPSA) is 53.1 Å². The Morgan fingerprint density at radius 3 is 2.92 bits per heavy atom. The number of ether oxygens (including phenoxy) is 1. The lowest BCUT2D eigenvalue weighted by atomic mass is 10.2. The van der Waals surface area contributed by atoms with Gasteiger partial charge in [-0.25, -0.2) is 4.68 Å². The molecule has 0 amide bonds. The quantitative estimate of drug-likeness (QED) is 0.706. The smallest absolute Gasteiger partial charge is 0.125 e. The van der Waals surface area contributed by atoms with Crippen molar-refractivity contribution in [2.45, 2.75) is 32.4 Å². The Balaban J connectivity index is 2.21. The van der Waals surface area contributed by atoms with E-state index >= 15 is 0 Å². The van der Waals surface area contributed by atoms with Crippen LogP contribution >= 0.6 is 0 Å². The molecule has 4 heteroatoms. The third-order valence-corrected chi connectivity index (χ3v) is 2.55. The highest BCUT2D eigenvalue weighted by Crippen LogP contribution is 2.26. The van der Waals surface area contributed by atoms with Crippen molar-refractivity contribution in [2.24, 2.45) is 0 Å². The summed E-state index contributed by atoms with van der Waals surface area (Å²) in [6.07, 6.45) is 3.14. The zero-order valence-corrected chi connectivity index (χ0v) is 8.03. The van der Waals surface area contributed by atoms with Gasteiger partial charge in [0.2, 0.25) is 0 Å². The fraction of sp³-hybridized carbons (Fsp3) is 0.667. The number of nitrogens with zero attached hydrogens (tertiary/aromatic N) is 2. The number of nitrogens with two attached hydrogens (primary N) is 1. The first-order valence-electron chi connectivity index (χ1n) is 4.59. The van der Waals surface area contributed by atoms with Gasteiger partial charge in [-0.05, 0) is 20.3 Å². The van der Waals surface area contributed by atoms with Gasteiger partial charge in [0, 0.05) is 5.56 Å². The maximum Gasteiger partial charge on any atom is 0.125 e. The highest BCUT2D eigenvalue weighted by molar-refractivity contribution is 5.37. The summed E-state index contributed by atoms with van der Waals surface area (Å²) < 4.78 is 7.34. The minimum Gasteiger partial charge on any atom is -0.384 e. The molecule has 1 aliphatic rings. The van der Waals surface area contributed by atoms with E-state index in [1.165, 1.54) is 0 Å². The van der Waals surface area contributed by atoms with Gasteiger partial charge in [-0.15, -0.1) is 0 Å². The summed E-state index contributed by atoms with van der Waals surface area (Å²) in [5, 5.41) is 4.24. The predicted octanol–water partition coefficient (Wildman–Crippen LogP) is 1.12.